The molecule has 3 aromatic rings. The number of nitrogens with one attached hydrogen (secondary N) is 2. The van der Waals surface area contributed by atoms with E-state index in [4.69, 9.17) is 15.2 Å². The molecule has 1 aromatic carbocycles. The van der Waals surface area contributed by atoms with Gasteiger partial charge in [0.05, 0.1) is 13.0 Å². The minimum Gasteiger partial charge on any atom is -0.496 e. The van der Waals surface area contributed by atoms with Crippen LogP contribution in [-0.2, 0) is 5.75 Å². The molecule has 0 saturated carbocycles. The highest BCUT2D eigenvalue weighted by atomic mass is 32.2. The van der Waals surface area contributed by atoms with Crippen molar-refractivity contribution in [2.24, 2.45) is 5.73 Å². The van der Waals surface area contributed by atoms with Crippen LogP contribution in [0.2, 0.25) is 0 Å². The number of allylic oxidation sites excluding steroid dienone is 1. The first-order chi connectivity index (χ1) is 14.1. The molecule has 0 bridgehead atoms. The van der Waals surface area contributed by atoms with Crippen LogP contribution in [0.4, 0.5) is 0 Å². The minimum absolute atomic E-state index is 0.0853. The molecule has 2 aromatic heterocycles. The van der Waals surface area contributed by atoms with Crippen LogP contribution < -0.4 is 20.2 Å². The van der Waals surface area contributed by atoms with Gasteiger partial charge in [-0.3, -0.25) is 5.10 Å². The number of ether oxygens (including phenoxy) is 2. The first-order valence-corrected chi connectivity index (χ1v) is 9.99. The Labute approximate surface area is 172 Å². The van der Waals surface area contributed by atoms with Crippen LogP contribution in [0, 0.1) is 18.3 Å². The third kappa shape index (κ3) is 3.52. The van der Waals surface area contributed by atoms with E-state index in [0.717, 1.165) is 33.2 Å². The van der Waals surface area contributed by atoms with Crippen LogP contribution in [0.5, 0.6) is 11.6 Å². The number of rotatable bonds is 5. The molecule has 0 fully saturated rings. The number of thioether (sulfide) groups is 1. The summed E-state index contributed by atoms with van der Waals surface area (Å²) in [7, 11) is 1.66. The summed E-state index contributed by atoms with van der Waals surface area (Å²) in [6.07, 6.45) is 1.90. The lowest BCUT2D eigenvalue weighted by molar-refractivity contribution is -0.426. The maximum absolute atomic E-state index is 9.74. The van der Waals surface area contributed by atoms with Crippen molar-refractivity contribution in [3.63, 3.8) is 0 Å². The van der Waals surface area contributed by atoms with Gasteiger partial charge in [-0.25, -0.2) is 4.98 Å². The zero-order valence-corrected chi connectivity index (χ0v) is 16.8. The Morgan fingerprint density at radius 3 is 2.97 bits per heavy atom. The number of methoxy groups -OCH3 is 1. The Bertz CT molecular complexity index is 1120. The van der Waals surface area contributed by atoms with E-state index in [1.807, 2.05) is 43.5 Å². The van der Waals surface area contributed by atoms with Gasteiger partial charge in [0.2, 0.25) is 16.8 Å². The quantitative estimate of drug-likeness (QED) is 0.630. The van der Waals surface area contributed by atoms with Crippen LogP contribution in [0.1, 0.15) is 28.3 Å². The van der Waals surface area contributed by atoms with Gasteiger partial charge < -0.3 is 15.2 Å². The van der Waals surface area contributed by atoms with E-state index < -0.39 is 0 Å². The molecule has 1 atom stereocenters. The second-order valence-electron chi connectivity index (χ2n) is 6.58. The predicted molar refractivity (Wildman–Crippen MR) is 108 cm³/mol. The molecule has 7 nitrogen and oxygen atoms in total. The van der Waals surface area contributed by atoms with E-state index in [1.165, 1.54) is 0 Å². The van der Waals surface area contributed by atoms with Crippen LogP contribution in [-0.4, -0.2) is 17.3 Å². The number of H-pyrrole nitrogens is 2. The standard InChI is InChI=1S/C21H19N5O2S/c1-12-18-19(15(10-22)20(23)28-21(18)26-25-12)13-6-7-16(27-2)14(9-13)11-29-17-5-3-4-8-24-17/h3-9,19H,11,23H2,1-2H3,(H,25,26)/p+1. The molecule has 146 valence electrons. The van der Waals surface area contributed by atoms with Crippen LogP contribution in [0.15, 0.2) is 59.1 Å². The topological polar surface area (TPSA) is 111 Å². The molecule has 0 aliphatic carbocycles. The molecule has 0 saturated heterocycles. The first kappa shape index (κ1) is 18.9. The van der Waals surface area contributed by atoms with Gasteiger partial charge in [-0.1, -0.05) is 23.9 Å². The molecule has 29 heavy (non-hydrogen) atoms. The van der Waals surface area contributed by atoms with Gasteiger partial charge in [0.1, 0.15) is 17.4 Å². The maximum atomic E-state index is 9.74. The molecule has 8 heteroatoms. The lowest BCUT2D eigenvalue weighted by atomic mass is 9.83. The average Bonchev–Trinajstić information content (AvgIpc) is 3.11. The van der Waals surface area contributed by atoms with Crippen molar-refractivity contribution >= 4 is 11.8 Å². The smallest absolute Gasteiger partial charge is 0.244 e. The number of nitrogens with zero attached hydrogens (tertiary/aromatic N) is 2. The molecule has 4 N–H and O–H groups in total. The van der Waals surface area contributed by atoms with Gasteiger partial charge in [-0.15, -0.1) is 5.10 Å². The van der Waals surface area contributed by atoms with Crippen molar-refractivity contribution < 1.29 is 14.5 Å². The highest BCUT2D eigenvalue weighted by molar-refractivity contribution is 7.98. The van der Waals surface area contributed by atoms with Crippen molar-refractivity contribution in [3.8, 4) is 17.7 Å². The van der Waals surface area contributed by atoms with E-state index in [2.05, 4.69) is 27.3 Å². The summed E-state index contributed by atoms with van der Waals surface area (Å²) in [5.41, 5.74) is 10.0. The van der Waals surface area contributed by atoms with Crippen LogP contribution >= 0.6 is 11.8 Å². The molecule has 1 aliphatic heterocycles. The molecular formula is C21H20N5O2S+. The summed E-state index contributed by atoms with van der Waals surface area (Å²) in [6, 6.07) is 14.1. The van der Waals surface area contributed by atoms with Gasteiger partial charge in [-0.05, 0) is 24.6 Å². The Morgan fingerprint density at radius 1 is 1.38 bits per heavy atom. The normalized spacial score (nSPS) is 15.4. The number of pyridine rings is 1. The summed E-state index contributed by atoms with van der Waals surface area (Å²) in [5.74, 6) is 1.65. The number of nitrogens with two attached hydrogens (primary N) is 1. The third-order valence-corrected chi connectivity index (χ3v) is 5.85. The zero-order valence-electron chi connectivity index (χ0n) is 16.0. The summed E-state index contributed by atoms with van der Waals surface area (Å²) >= 11 is 1.68. The minimum atomic E-state index is -0.347. The Hall–Kier alpha value is -3.44. The number of fused-ring (bicyclic) bond motifs is 1. The van der Waals surface area contributed by atoms with E-state index in [-0.39, 0.29) is 11.8 Å². The van der Waals surface area contributed by atoms with Crippen molar-refractivity contribution in [3.05, 3.63) is 76.4 Å². The fourth-order valence-corrected chi connectivity index (χ4v) is 4.31. The van der Waals surface area contributed by atoms with Gasteiger partial charge in [-0.2, -0.15) is 5.26 Å². The molecular weight excluding hydrogens is 386 g/mol. The van der Waals surface area contributed by atoms with Crippen molar-refractivity contribution in [2.75, 3.05) is 7.11 Å². The monoisotopic (exact) mass is 406 g/mol. The summed E-state index contributed by atoms with van der Waals surface area (Å²) in [4.78, 5) is 3.22. The number of hydrogen-bond acceptors (Lipinski definition) is 6. The largest absolute Gasteiger partial charge is 0.496 e. The lowest BCUT2D eigenvalue weighted by Crippen LogP contribution is -2.21. The lowest BCUT2D eigenvalue weighted by Gasteiger charge is -2.24. The van der Waals surface area contributed by atoms with Crippen molar-refractivity contribution in [1.82, 2.24) is 10.2 Å². The fraction of sp³-hybridized carbons (Fsp3) is 0.190. The maximum Gasteiger partial charge on any atom is 0.244 e. The van der Waals surface area contributed by atoms with Gasteiger partial charge in [0, 0.05) is 34.7 Å². The number of hydrogen-bond donors (Lipinski definition) is 2. The van der Waals surface area contributed by atoms with Crippen molar-refractivity contribution in [1.29, 1.82) is 5.26 Å². The fourth-order valence-electron chi connectivity index (χ4n) is 3.44. The molecule has 1 unspecified atom stereocenters. The number of aromatic amines is 2. The van der Waals surface area contributed by atoms with Gasteiger partial charge in [0.15, 0.2) is 6.20 Å². The Morgan fingerprint density at radius 2 is 2.24 bits per heavy atom. The highest BCUT2D eigenvalue weighted by Crippen LogP contribution is 2.43. The summed E-state index contributed by atoms with van der Waals surface area (Å²) in [6.45, 7) is 1.91. The Kier molecular flexibility index (Phi) is 5.14. The molecule has 3 heterocycles. The zero-order chi connectivity index (χ0) is 20.4. The molecule has 0 radical (unpaired) electrons. The molecule has 0 amide bonds. The number of aryl methyl sites for hydroxylation is 1. The molecule has 0 spiro atoms. The van der Waals surface area contributed by atoms with Crippen LogP contribution in [0.3, 0.4) is 0 Å². The second-order valence-corrected chi connectivity index (χ2v) is 7.60. The van der Waals surface area contributed by atoms with Gasteiger partial charge in [0.25, 0.3) is 0 Å². The van der Waals surface area contributed by atoms with E-state index in [0.29, 0.717) is 17.2 Å². The summed E-state index contributed by atoms with van der Waals surface area (Å²) < 4.78 is 11.1. The summed E-state index contributed by atoms with van der Waals surface area (Å²) in [5, 5.41) is 17.9. The van der Waals surface area contributed by atoms with E-state index >= 15 is 0 Å². The second kappa shape index (κ2) is 7.89. The Balaban J connectivity index is 1.75. The predicted octanol–water partition coefficient (Wildman–Crippen LogP) is 3.05. The SMILES string of the molecule is COc1ccc(C2C(C#N)=C(N)Oc3n[nH]c(C)c32)cc1CSc1cccc[nH+]1. The third-order valence-electron chi connectivity index (χ3n) is 4.83. The average molecular weight is 406 g/mol. The molecule has 4 rings (SSSR count). The number of aromatic nitrogens is 3. The van der Waals surface area contributed by atoms with Crippen molar-refractivity contribution in [2.45, 2.75) is 23.6 Å². The number of nitriles is 1. The van der Waals surface area contributed by atoms with Crippen LogP contribution in [0.25, 0.3) is 0 Å². The van der Waals surface area contributed by atoms with Gasteiger partial charge >= 0.3 is 0 Å². The molecule has 1 aliphatic rings. The number of benzene rings is 1. The first-order valence-electron chi connectivity index (χ1n) is 9.01. The highest BCUT2D eigenvalue weighted by Gasteiger charge is 2.34. The van der Waals surface area contributed by atoms with E-state index in [9.17, 15) is 5.26 Å². The van der Waals surface area contributed by atoms with E-state index in [1.54, 1.807) is 18.9 Å².